The number of likely N-dealkylation sites (tertiary alicyclic amines) is 1. The monoisotopic (exact) mass is 328 g/mol. The minimum Gasteiger partial charge on any atom is -0.336 e. The van der Waals surface area contributed by atoms with Gasteiger partial charge in [-0.25, -0.2) is 19.7 Å². The van der Waals surface area contributed by atoms with E-state index in [0.717, 1.165) is 37.4 Å². The minimum absolute atomic E-state index is 0.0132. The molecule has 24 heavy (non-hydrogen) atoms. The van der Waals surface area contributed by atoms with Crippen molar-refractivity contribution in [2.45, 2.75) is 38.6 Å². The first kappa shape index (κ1) is 16.4. The number of hydrogen-bond donors (Lipinski definition) is 1. The van der Waals surface area contributed by atoms with Crippen molar-refractivity contribution in [3.8, 4) is 0 Å². The van der Waals surface area contributed by atoms with E-state index < -0.39 is 0 Å². The first-order chi connectivity index (χ1) is 11.6. The Labute approximate surface area is 142 Å². The molecule has 0 aliphatic carbocycles. The molecule has 0 aromatic carbocycles. The zero-order chi connectivity index (χ0) is 16.9. The van der Waals surface area contributed by atoms with Crippen LogP contribution in [0.25, 0.3) is 0 Å². The van der Waals surface area contributed by atoms with Crippen molar-refractivity contribution in [3.63, 3.8) is 0 Å². The highest BCUT2D eigenvalue weighted by molar-refractivity contribution is 5.74. The van der Waals surface area contributed by atoms with Crippen LogP contribution in [0.5, 0.6) is 0 Å². The Balaban J connectivity index is 1.46. The van der Waals surface area contributed by atoms with Crippen LogP contribution in [0.2, 0.25) is 0 Å². The molecule has 0 bridgehead atoms. The fourth-order valence-electron chi connectivity index (χ4n) is 3.06. The molecule has 2 amide bonds. The molecule has 2 aromatic rings. The van der Waals surface area contributed by atoms with E-state index in [4.69, 9.17) is 0 Å². The van der Waals surface area contributed by atoms with Gasteiger partial charge >= 0.3 is 6.03 Å². The van der Waals surface area contributed by atoms with Crippen LogP contribution in [0, 0.1) is 6.92 Å². The number of nitrogens with zero attached hydrogens (tertiary/aromatic N) is 5. The van der Waals surface area contributed by atoms with Gasteiger partial charge < -0.3 is 14.8 Å². The number of imidazole rings is 1. The van der Waals surface area contributed by atoms with Gasteiger partial charge in [-0.2, -0.15) is 0 Å². The van der Waals surface area contributed by atoms with Crippen LogP contribution in [0.4, 0.5) is 4.79 Å². The summed E-state index contributed by atoms with van der Waals surface area (Å²) in [6.45, 7) is 6.09. The second kappa shape index (κ2) is 7.42. The molecule has 1 atom stereocenters. The maximum Gasteiger partial charge on any atom is 0.317 e. The van der Waals surface area contributed by atoms with Crippen LogP contribution in [-0.2, 0) is 0 Å². The first-order valence-corrected chi connectivity index (χ1v) is 8.43. The average molecular weight is 328 g/mol. The third-order valence-corrected chi connectivity index (χ3v) is 4.58. The van der Waals surface area contributed by atoms with Gasteiger partial charge in [0.15, 0.2) is 0 Å². The first-order valence-electron chi connectivity index (χ1n) is 8.43. The quantitative estimate of drug-likeness (QED) is 0.933. The zero-order valence-corrected chi connectivity index (χ0v) is 14.2. The van der Waals surface area contributed by atoms with Gasteiger partial charge in [-0.15, -0.1) is 0 Å². The summed E-state index contributed by atoms with van der Waals surface area (Å²) in [5.74, 6) is 1.22. The third-order valence-electron chi connectivity index (χ3n) is 4.58. The van der Waals surface area contributed by atoms with Crippen LogP contribution in [-0.4, -0.2) is 50.1 Å². The predicted molar refractivity (Wildman–Crippen MR) is 90.7 cm³/mol. The van der Waals surface area contributed by atoms with Crippen molar-refractivity contribution in [1.82, 2.24) is 29.7 Å². The zero-order valence-electron chi connectivity index (χ0n) is 14.2. The van der Waals surface area contributed by atoms with Crippen LogP contribution in [0.15, 0.2) is 31.0 Å². The molecule has 3 heterocycles. The Hall–Kier alpha value is -2.44. The molecule has 1 saturated heterocycles. The normalized spacial score (nSPS) is 16.8. The van der Waals surface area contributed by atoms with E-state index in [1.165, 1.54) is 0 Å². The number of hydrogen-bond acceptors (Lipinski definition) is 4. The van der Waals surface area contributed by atoms with Gasteiger partial charge in [0.25, 0.3) is 0 Å². The maximum atomic E-state index is 12.3. The highest BCUT2D eigenvalue weighted by Crippen LogP contribution is 2.26. The van der Waals surface area contributed by atoms with Gasteiger partial charge in [0.2, 0.25) is 0 Å². The predicted octanol–water partition coefficient (Wildman–Crippen LogP) is 2.13. The maximum absolute atomic E-state index is 12.3. The number of carbonyl (C=O) groups is 1. The lowest BCUT2D eigenvalue weighted by atomic mass is 9.93. The van der Waals surface area contributed by atoms with E-state index in [9.17, 15) is 4.79 Å². The van der Waals surface area contributed by atoms with E-state index in [-0.39, 0.29) is 12.1 Å². The Morgan fingerprint density at radius 3 is 2.83 bits per heavy atom. The highest BCUT2D eigenvalue weighted by Gasteiger charge is 2.24. The van der Waals surface area contributed by atoms with E-state index >= 15 is 0 Å². The molecule has 7 heteroatoms. The summed E-state index contributed by atoms with van der Waals surface area (Å²) in [6.07, 6.45) is 9.13. The lowest BCUT2D eigenvalue weighted by molar-refractivity contribution is 0.179. The van der Waals surface area contributed by atoms with Crippen molar-refractivity contribution in [3.05, 3.63) is 42.5 Å². The number of aryl methyl sites for hydroxylation is 1. The van der Waals surface area contributed by atoms with Crippen LogP contribution in [0.3, 0.4) is 0 Å². The summed E-state index contributed by atoms with van der Waals surface area (Å²) < 4.78 is 1.99. The number of amides is 2. The van der Waals surface area contributed by atoms with Crippen molar-refractivity contribution in [1.29, 1.82) is 0 Å². The molecule has 0 radical (unpaired) electrons. The van der Waals surface area contributed by atoms with Gasteiger partial charge in [-0.1, -0.05) is 0 Å². The molecule has 0 unspecified atom stereocenters. The molecular formula is C17H24N6O. The van der Waals surface area contributed by atoms with Crippen LogP contribution >= 0.6 is 0 Å². The summed E-state index contributed by atoms with van der Waals surface area (Å²) >= 11 is 0. The van der Waals surface area contributed by atoms with Crippen LogP contribution < -0.4 is 5.32 Å². The molecule has 0 spiro atoms. The number of piperidine rings is 1. The molecule has 1 fully saturated rings. The Kier molecular flexibility index (Phi) is 5.08. The number of aromatic nitrogens is 4. The standard InChI is InChI=1S/C17H24N6O/c1-13(23-10-7-18-12-23)11-20-17(24)22-8-4-15(5-9-22)16-3-6-19-14(2)21-16/h3,6-7,10,12-13,15H,4-5,8-9,11H2,1-2H3,(H,20,24)/t13-/m0/s1. The van der Waals surface area contributed by atoms with E-state index in [0.29, 0.717) is 12.5 Å². The third kappa shape index (κ3) is 3.90. The van der Waals surface area contributed by atoms with Gasteiger partial charge in [0, 0.05) is 55.9 Å². The lowest BCUT2D eigenvalue weighted by Crippen LogP contribution is -2.45. The molecule has 7 nitrogen and oxygen atoms in total. The molecule has 1 aliphatic heterocycles. The van der Waals surface area contributed by atoms with Gasteiger partial charge in [0.1, 0.15) is 5.82 Å². The number of rotatable bonds is 4. The smallest absolute Gasteiger partial charge is 0.317 e. The SMILES string of the molecule is Cc1nccc(C2CCN(C(=O)NC[C@H](C)n3ccnc3)CC2)n1. The summed E-state index contributed by atoms with van der Waals surface area (Å²) in [5.41, 5.74) is 1.09. The van der Waals surface area contributed by atoms with E-state index in [1.54, 1.807) is 12.5 Å². The summed E-state index contributed by atoms with van der Waals surface area (Å²) in [4.78, 5) is 26.9. The Morgan fingerprint density at radius 2 is 2.17 bits per heavy atom. The average Bonchev–Trinajstić information content (AvgIpc) is 3.14. The molecule has 2 aromatic heterocycles. The van der Waals surface area contributed by atoms with Gasteiger partial charge in [-0.05, 0) is 32.8 Å². The van der Waals surface area contributed by atoms with E-state index in [2.05, 4.69) is 27.2 Å². The molecule has 1 N–H and O–H groups in total. The Morgan fingerprint density at radius 1 is 1.38 bits per heavy atom. The summed E-state index contributed by atoms with van der Waals surface area (Å²) in [6, 6.07) is 2.19. The fraction of sp³-hybridized carbons (Fsp3) is 0.529. The second-order valence-electron chi connectivity index (χ2n) is 6.34. The number of urea groups is 1. The molecule has 1 aliphatic rings. The second-order valence-corrected chi connectivity index (χ2v) is 6.34. The van der Waals surface area contributed by atoms with E-state index in [1.807, 2.05) is 34.9 Å². The highest BCUT2D eigenvalue weighted by atomic mass is 16.2. The fourth-order valence-corrected chi connectivity index (χ4v) is 3.06. The van der Waals surface area contributed by atoms with Crippen molar-refractivity contribution in [2.75, 3.05) is 19.6 Å². The lowest BCUT2D eigenvalue weighted by Gasteiger charge is -2.32. The number of carbonyl (C=O) groups excluding carboxylic acids is 1. The molecule has 128 valence electrons. The molecule has 3 rings (SSSR count). The van der Waals surface area contributed by atoms with Crippen LogP contribution in [0.1, 0.15) is 43.2 Å². The van der Waals surface area contributed by atoms with Crippen molar-refractivity contribution >= 4 is 6.03 Å². The molecular weight excluding hydrogens is 304 g/mol. The minimum atomic E-state index is 0.0132. The molecule has 0 saturated carbocycles. The van der Waals surface area contributed by atoms with Crippen molar-refractivity contribution < 1.29 is 4.79 Å². The summed E-state index contributed by atoms with van der Waals surface area (Å²) in [7, 11) is 0. The van der Waals surface area contributed by atoms with Gasteiger partial charge in [-0.3, -0.25) is 0 Å². The van der Waals surface area contributed by atoms with Crippen molar-refractivity contribution in [2.24, 2.45) is 0 Å². The number of nitrogens with one attached hydrogen (secondary N) is 1. The van der Waals surface area contributed by atoms with Gasteiger partial charge in [0.05, 0.1) is 6.33 Å². The Bertz CT molecular complexity index is 663. The largest absolute Gasteiger partial charge is 0.336 e. The topological polar surface area (TPSA) is 75.9 Å². The summed E-state index contributed by atoms with van der Waals surface area (Å²) in [5, 5.41) is 3.02.